The van der Waals surface area contributed by atoms with Gasteiger partial charge in [-0.05, 0) is 35.5 Å². The van der Waals surface area contributed by atoms with Crippen LogP contribution < -0.4 is 5.32 Å². The minimum atomic E-state index is 0.693. The molecule has 1 aromatic rings. The van der Waals surface area contributed by atoms with Crippen molar-refractivity contribution >= 4 is 27.3 Å². The number of hydrogen-bond donors (Lipinski definition) is 1. The zero-order valence-electron chi connectivity index (χ0n) is 8.29. The Bertz CT molecular complexity index is 300. The molecule has 2 rings (SSSR count). The summed E-state index contributed by atoms with van der Waals surface area (Å²) in [6.45, 7) is 3.52. The third kappa shape index (κ3) is 2.57. The highest BCUT2D eigenvalue weighted by Crippen LogP contribution is 2.22. The van der Waals surface area contributed by atoms with Gasteiger partial charge in [0.1, 0.15) is 0 Å². The normalized spacial score (nSPS) is 23.1. The van der Waals surface area contributed by atoms with E-state index >= 15 is 0 Å². The Morgan fingerprint density at radius 2 is 2.57 bits per heavy atom. The van der Waals surface area contributed by atoms with E-state index in [1.807, 2.05) is 11.3 Å². The molecule has 0 spiro atoms. The molecule has 0 bridgehead atoms. The molecular weight excluding hydrogens is 260 g/mol. The van der Waals surface area contributed by atoms with E-state index in [2.05, 4.69) is 44.6 Å². The summed E-state index contributed by atoms with van der Waals surface area (Å²) < 4.78 is 1.21. The van der Waals surface area contributed by atoms with Crippen LogP contribution in [0.1, 0.15) is 11.3 Å². The van der Waals surface area contributed by atoms with Crippen molar-refractivity contribution in [1.29, 1.82) is 0 Å². The smallest absolute Gasteiger partial charge is 0.0328 e. The maximum atomic E-state index is 3.49. The van der Waals surface area contributed by atoms with Crippen LogP contribution in [0.15, 0.2) is 15.9 Å². The second-order valence-electron chi connectivity index (χ2n) is 3.74. The average molecular weight is 275 g/mol. The molecule has 0 radical (unpaired) electrons. The Hall–Kier alpha value is 0.1000. The first kappa shape index (κ1) is 10.6. The molecule has 2 nitrogen and oxygen atoms in total. The van der Waals surface area contributed by atoms with Crippen molar-refractivity contribution in [2.75, 3.05) is 20.1 Å². The number of halogens is 1. The maximum Gasteiger partial charge on any atom is 0.0328 e. The highest BCUT2D eigenvalue weighted by atomic mass is 79.9. The fourth-order valence-electron chi connectivity index (χ4n) is 1.87. The van der Waals surface area contributed by atoms with Crippen LogP contribution in [0.3, 0.4) is 0 Å². The maximum absolute atomic E-state index is 3.49. The fraction of sp³-hybridized carbons (Fsp3) is 0.600. The number of hydrogen-bond acceptors (Lipinski definition) is 3. The van der Waals surface area contributed by atoms with Crippen molar-refractivity contribution in [3.8, 4) is 0 Å². The lowest BCUT2D eigenvalue weighted by molar-refractivity contribution is 0.325. The number of nitrogens with zero attached hydrogens (tertiary/aromatic N) is 1. The molecule has 1 aromatic heterocycles. The fourth-order valence-corrected chi connectivity index (χ4v) is 3.36. The minimum absolute atomic E-state index is 0.693. The summed E-state index contributed by atoms with van der Waals surface area (Å²) in [6, 6.07) is 2.91. The Kier molecular flexibility index (Phi) is 3.60. The molecule has 1 aliphatic heterocycles. The predicted molar refractivity (Wildman–Crippen MR) is 64.8 cm³/mol. The van der Waals surface area contributed by atoms with Crippen LogP contribution >= 0.6 is 27.3 Å². The predicted octanol–water partition coefficient (Wildman–Crippen LogP) is 2.30. The van der Waals surface area contributed by atoms with Crippen LogP contribution in [0.4, 0.5) is 0 Å². The van der Waals surface area contributed by atoms with Gasteiger partial charge in [-0.15, -0.1) is 11.3 Å². The molecule has 1 saturated heterocycles. The van der Waals surface area contributed by atoms with Gasteiger partial charge in [0.2, 0.25) is 0 Å². The largest absolute Gasteiger partial charge is 0.316 e. The van der Waals surface area contributed by atoms with E-state index in [9.17, 15) is 0 Å². The molecule has 4 heteroatoms. The second-order valence-corrected chi connectivity index (χ2v) is 5.65. The van der Waals surface area contributed by atoms with E-state index in [1.54, 1.807) is 0 Å². The highest BCUT2D eigenvalue weighted by molar-refractivity contribution is 9.10. The van der Waals surface area contributed by atoms with Crippen molar-refractivity contribution in [1.82, 2.24) is 10.2 Å². The average Bonchev–Trinajstić information content (AvgIpc) is 2.76. The third-order valence-corrected chi connectivity index (χ3v) is 4.36. The molecule has 78 valence electrons. The van der Waals surface area contributed by atoms with E-state index in [-0.39, 0.29) is 0 Å². The van der Waals surface area contributed by atoms with Crippen LogP contribution in [0, 0.1) is 0 Å². The number of nitrogens with one attached hydrogen (secondary N) is 1. The van der Waals surface area contributed by atoms with Gasteiger partial charge >= 0.3 is 0 Å². The molecule has 14 heavy (non-hydrogen) atoms. The van der Waals surface area contributed by atoms with Gasteiger partial charge in [0, 0.05) is 40.4 Å². The van der Waals surface area contributed by atoms with Gasteiger partial charge in [-0.3, -0.25) is 4.90 Å². The van der Waals surface area contributed by atoms with Crippen molar-refractivity contribution in [3.05, 3.63) is 20.8 Å². The summed E-state index contributed by atoms with van der Waals surface area (Å²) in [5.41, 5.74) is 0. The standard InChI is InChI=1S/C10H15BrN2S/c1-12-9-2-3-13(5-9)6-10-4-8(11)7-14-10/h4,7,9,12H,2-3,5-6H2,1H3. The number of likely N-dealkylation sites (N-methyl/N-ethyl adjacent to an activating group) is 1. The SMILES string of the molecule is CNC1CCN(Cc2cc(Br)cs2)C1. The summed E-state index contributed by atoms with van der Waals surface area (Å²) >= 11 is 5.32. The molecule has 0 saturated carbocycles. The van der Waals surface area contributed by atoms with Gasteiger partial charge in [0.05, 0.1) is 0 Å². The van der Waals surface area contributed by atoms with Crippen LogP contribution in [-0.2, 0) is 6.54 Å². The monoisotopic (exact) mass is 274 g/mol. The van der Waals surface area contributed by atoms with E-state index in [4.69, 9.17) is 0 Å². The van der Waals surface area contributed by atoms with Gasteiger partial charge < -0.3 is 5.32 Å². The summed E-state index contributed by atoms with van der Waals surface area (Å²) in [5, 5.41) is 5.49. The first-order chi connectivity index (χ1) is 6.78. The lowest BCUT2D eigenvalue weighted by Crippen LogP contribution is -2.29. The highest BCUT2D eigenvalue weighted by Gasteiger charge is 2.20. The molecule has 1 N–H and O–H groups in total. The van der Waals surface area contributed by atoms with Crippen molar-refractivity contribution in [2.45, 2.75) is 19.0 Å². The molecule has 1 fully saturated rings. The van der Waals surface area contributed by atoms with Gasteiger partial charge in [-0.25, -0.2) is 0 Å². The van der Waals surface area contributed by atoms with Crippen molar-refractivity contribution in [2.24, 2.45) is 0 Å². The lowest BCUT2D eigenvalue weighted by atomic mass is 10.3. The zero-order valence-corrected chi connectivity index (χ0v) is 10.7. The van der Waals surface area contributed by atoms with Gasteiger partial charge in [0.15, 0.2) is 0 Å². The van der Waals surface area contributed by atoms with Crippen LogP contribution in [-0.4, -0.2) is 31.1 Å². The summed E-state index contributed by atoms with van der Waals surface area (Å²) in [4.78, 5) is 3.97. The first-order valence-corrected chi connectivity index (χ1v) is 6.57. The van der Waals surface area contributed by atoms with Gasteiger partial charge in [0.25, 0.3) is 0 Å². The van der Waals surface area contributed by atoms with Crippen molar-refractivity contribution in [3.63, 3.8) is 0 Å². The Balaban J connectivity index is 1.87. The van der Waals surface area contributed by atoms with Crippen LogP contribution in [0.5, 0.6) is 0 Å². The summed E-state index contributed by atoms with van der Waals surface area (Å²) in [6.07, 6.45) is 1.28. The quantitative estimate of drug-likeness (QED) is 0.910. The van der Waals surface area contributed by atoms with Crippen LogP contribution in [0.25, 0.3) is 0 Å². The molecule has 0 aromatic carbocycles. The van der Waals surface area contributed by atoms with Crippen molar-refractivity contribution < 1.29 is 0 Å². The van der Waals surface area contributed by atoms with Crippen LogP contribution in [0.2, 0.25) is 0 Å². The van der Waals surface area contributed by atoms with Gasteiger partial charge in [-0.1, -0.05) is 0 Å². The second kappa shape index (κ2) is 4.75. The Morgan fingerprint density at radius 3 is 3.14 bits per heavy atom. The third-order valence-electron chi connectivity index (χ3n) is 2.68. The minimum Gasteiger partial charge on any atom is -0.316 e. The number of thiophene rings is 1. The molecule has 0 amide bonds. The lowest BCUT2D eigenvalue weighted by Gasteiger charge is -2.14. The van der Waals surface area contributed by atoms with Gasteiger partial charge in [-0.2, -0.15) is 0 Å². The molecule has 1 aliphatic rings. The molecular formula is C10H15BrN2S. The summed E-state index contributed by atoms with van der Waals surface area (Å²) in [5.74, 6) is 0. The molecule has 1 unspecified atom stereocenters. The molecule has 2 heterocycles. The zero-order chi connectivity index (χ0) is 9.97. The number of likely N-dealkylation sites (tertiary alicyclic amines) is 1. The first-order valence-electron chi connectivity index (χ1n) is 4.90. The topological polar surface area (TPSA) is 15.3 Å². The van der Waals surface area contributed by atoms with E-state index < -0.39 is 0 Å². The Labute approximate surface area is 97.4 Å². The number of rotatable bonds is 3. The molecule has 1 atom stereocenters. The van der Waals surface area contributed by atoms with E-state index in [0.29, 0.717) is 6.04 Å². The van der Waals surface area contributed by atoms with E-state index in [1.165, 1.54) is 28.9 Å². The summed E-state index contributed by atoms with van der Waals surface area (Å²) in [7, 11) is 2.05. The van der Waals surface area contributed by atoms with E-state index in [0.717, 1.165) is 6.54 Å². The molecule has 0 aliphatic carbocycles. The Morgan fingerprint density at radius 1 is 1.71 bits per heavy atom.